The Morgan fingerprint density at radius 3 is 2.84 bits per heavy atom. The van der Waals surface area contributed by atoms with Crippen molar-refractivity contribution in [3.63, 3.8) is 0 Å². The van der Waals surface area contributed by atoms with Crippen molar-refractivity contribution in [2.24, 2.45) is 0 Å². The van der Waals surface area contributed by atoms with Crippen molar-refractivity contribution in [1.29, 1.82) is 0 Å². The number of nitro groups is 1. The lowest BCUT2D eigenvalue weighted by atomic mass is 10.2. The first kappa shape index (κ1) is 13.4. The Balaban J connectivity index is 2.08. The maximum Gasteiger partial charge on any atom is 0.304 e. The van der Waals surface area contributed by atoms with Crippen LogP contribution in [0.4, 0.5) is 10.1 Å². The largest absolute Gasteiger partial charge is 0.304 e. The van der Waals surface area contributed by atoms with Gasteiger partial charge in [0.15, 0.2) is 5.16 Å². The Hall–Kier alpha value is -2.02. The molecule has 1 heterocycles. The van der Waals surface area contributed by atoms with Crippen LogP contribution in [-0.2, 0) is 5.75 Å². The third-order valence-electron chi connectivity index (χ3n) is 2.35. The molecule has 0 fully saturated rings. The molecule has 0 bridgehead atoms. The summed E-state index contributed by atoms with van der Waals surface area (Å²) in [6.45, 7) is 1.86. The van der Waals surface area contributed by atoms with E-state index < -0.39 is 16.4 Å². The lowest BCUT2D eigenvalue weighted by molar-refractivity contribution is -0.387. The van der Waals surface area contributed by atoms with Gasteiger partial charge in [-0.2, -0.15) is 4.39 Å². The summed E-state index contributed by atoms with van der Waals surface area (Å²) in [6.07, 6.45) is 1.65. The number of thioether (sulfide) groups is 1. The van der Waals surface area contributed by atoms with Crippen LogP contribution in [-0.4, -0.2) is 14.9 Å². The average molecular weight is 279 g/mol. The smallest absolute Gasteiger partial charge is 0.258 e. The van der Waals surface area contributed by atoms with E-state index in [1.165, 1.54) is 30.0 Å². The standard InChI is InChI=1S/C12H10FN3O2S/c1-8-4-5-14-12(15-8)19-7-9-2-3-11(16(17)18)10(13)6-9/h2-6H,7H2,1H3. The van der Waals surface area contributed by atoms with E-state index in [-0.39, 0.29) is 0 Å². The molecule has 7 heteroatoms. The molecule has 0 unspecified atom stereocenters. The molecule has 19 heavy (non-hydrogen) atoms. The quantitative estimate of drug-likeness (QED) is 0.372. The molecule has 5 nitrogen and oxygen atoms in total. The fourth-order valence-corrected chi connectivity index (χ4v) is 2.25. The maximum atomic E-state index is 13.4. The average Bonchev–Trinajstić information content (AvgIpc) is 2.36. The van der Waals surface area contributed by atoms with Crippen LogP contribution in [0.2, 0.25) is 0 Å². The molecule has 0 saturated heterocycles. The van der Waals surface area contributed by atoms with Crippen molar-refractivity contribution in [2.45, 2.75) is 17.8 Å². The summed E-state index contributed by atoms with van der Waals surface area (Å²) in [5.74, 6) is -0.369. The summed E-state index contributed by atoms with van der Waals surface area (Å²) in [5, 5.41) is 11.1. The van der Waals surface area contributed by atoms with Gasteiger partial charge in [-0.3, -0.25) is 10.1 Å². The van der Waals surface area contributed by atoms with Gasteiger partial charge in [0.2, 0.25) is 5.82 Å². The molecule has 0 aliphatic heterocycles. The van der Waals surface area contributed by atoms with Gasteiger partial charge in [0.05, 0.1) is 4.92 Å². The number of nitrogens with zero attached hydrogens (tertiary/aromatic N) is 3. The lowest BCUT2D eigenvalue weighted by Gasteiger charge is -2.02. The number of hydrogen-bond donors (Lipinski definition) is 0. The Morgan fingerprint density at radius 2 is 2.21 bits per heavy atom. The van der Waals surface area contributed by atoms with E-state index in [4.69, 9.17) is 0 Å². The fourth-order valence-electron chi connectivity index (χ4n) is 1.43. The fraction of sp³-hybridized carbons (Fsp3) is 0.167. The molecule has 2 aromatic rings. The van der Waals surface area contributed by atoms with E-state index in [1.807, 2.05) is 6.92 Å². The van der Waals surface area contributed by atoms with Crippen molar-refractivity contribution in [1.82, 2.24) is 9.97 Å². The zero-order valence-electron chi connectivity index (χ0n) is 10.0. The van der Waals surface area contributed by atoms with Gasteiger partial charge in [0.1, 0.15) is 0 Å². The Morgan fingerprint density at radius 1 is 1.42 bits per heavy atom. The Bertz CT molecular complexity index is 622. The minimum atomic E-state index is -0.826. The van der Waals surface area contributed by atoms with Gasteiger partial charge in [-0.1, -0.05) is 17.8 Å². The van der Waals surface area contributed by atoms with Crippen molar-refractivity contribution in [3.8, 4) is 0 Å². The molecule has 0 amide bonds. The SMILES string of the molecule is Cc1ccnc(SCc2ccc([N+](=O)[O-])c(F)c2)n1. The first-order valence-corrected chi connectivity index (χ1v) is 6.40. The first-order valence-electron chi connectivity index (χ1n) is 5.41. The minimum Gasteiger partial charge on any atom is -0.258 e. The van der Waals surface area contributed by atoms with Crippen LogP contribution in [0.3, 0.4) is 0 Å². The van der Waals surface area contributed by atoms with E-state index in [2.05, 4.69) is 9.97 Å². The zero-order chi connectivity index (χ0) is 13.8. The van der Waals surface area contributed by atoms with Gasteiger partial charge in [-0.25, -0.2) is 9.97 Å². The van der Waals surface area contributed by atoms with Crippen LogP contribution in [0.15, 0.2) is 35.6 Å². The maximum absolute atomic E-state index is 13.4. The number of rotatable bonds is 4. The molecule has 0 aliphatic carbocycles. The highest BCUT2D eigenvalue weighted by Crippen LogP contribution is 2.23. The third kappa shape index (κ3) is 3.47. The van der Waals surface area contributed by atoms with Crippen LogP contribution in [0, 0.1) is 22.9 Å². The second-order valence-electron chi connectivity index (χ2n) is 3.81. The van der Waals surface area contributed by atoms with Gasteiger partial charge in [-0.15, -0.1) is 0 Å². The molecule has 0 N–H and O–H groups in total. The molecular formula is C12H10FN3O2S. The highest BCUT2D eigenvalue weighted by molar-refractivity contribution is 7.98. The first-order chi connectivity index (χ1) is 9.06. The van der Waals surface area contributed by atoms with Crippen molar-refractivity contribution in [2.75, 3.05) is 0 Å². The molecular weight excluding hydrogens is 269 g/mol. The van der Waals surface area contributed by atoms with E-state index in [0.717, 1.165) is 5.69 Å². The van der Waals surface area contributed by atoms with E-state index in [1.54, 1.807) is 12.3 Å². The monoisotopic (exact) mass is 279 g/mol. The Labute approximate surface area is 113 Å². The Kier molecular flexibility index (Phi) is 4.06. The summed E-state index contributed by atoms with van der Waals surface area (Å²) < 4.78 is 13.4. The molecule has 0 atom stereocenters. The lowest BCUT2D eigenvalue weighted by Crippen LogP contribution is -1.94. The highest BCUT2D eigenvalue weighted by atomic mass is 32.2. The van der Waals surface area contributed by atoms with Crippen LogP contribution >= 0.6 is 11.8 Å². The second kappa shape index (κ2) is 5.75. The van der Waals surface area contributed by atoms with E-state index >= 15 is 0 Å². The van der Waals surface area contributed by atoms with Gasteiger partial charge in [0, 0.05) is 23.7 Å². The summed E-state index contributed by atoms with van der Waals surface area (Å²) in [4.78, 5) is 18.0. The van der Waals surface area contributed by atoms with Gasteiger partial charge < -0.3 is 0 Å². The topological polar surface area (TPSA) is 68.9 Å². The predicted molar refractivity (Wildman–Crippen MR) is 69.4 cm³/mol. The second-order valence-corrected chi connectivity index (χ2v) is 4.75. The predicted octanol–water partition coefficient (Wildman–Crippen LogP) is 3.12. The zero-order valence-corrected chi connectivity index (χ0v) is 10.9. The number of aromatic nitrogens is 2. The molecule has 98 valence electrons. The summed E-state index contributed by atoms with van der Waals surface area (Å²) in [6, 6.07) is 5.66. The molecule has 0 saturated carbocycles. The normalized spacial score (nSPS) is 10.4. The number of halogens is 1. The van der Waals surface area contributed by atoms with Crippen LogP contribution in [0.25, 0.3) is 0 Å². The molecule has 1 aromatic carbocycles. The van der Waals surface area contributed by atoms with Gasteiger partial charge >= 0.3 is 5.69 Å². The highest BCUT2D eigenvalue weighted by Gasteiger charge is 2.13. The molecule has 0 aliphatic rings. The van der Waals surface area contributed by atoms with Gasteiger partial charge in [0.25, 0.3) is 0 Å². The molecule has 1 aromatic heterocycles. The number of nitro benzene ring substituents is 1. The molecule has 0 radical (unpaired) electrons. The molecule has 0 spiro atoms. The third-order valence-corrected chi connectivity index (χ3v) is 3.28. The van der Waals surface area contributed by atoms with Crippen LogP contribution in [0.1, 0.15) is 11.3 Å². The summed E-state index contributed by atoms with van der Waals surface area (Å²) in [5.41, 5.74) is 0.992. The van der Waals surface area contributed by atoms with Crippen LogP contribution < -0.4 is 0 Å². The van der Waals surface area contributed by atoms with Crippen molar-refractivity contribution >= 4 is 17.4 Å². The van der Waals surface area contributed by atoms with Crippen LogP contribution in [0.5, 0.6) is 0 Å². The number of aryl methyl sites for hydroxylation is 1. The minimum absolute atomic E-state index is 0.457. The number of hydrogen-bond acceptors (Lipinski definition) is 5. The van der Waals surface area contributed by atoms with Gasteiger partial charge in [-0.05, 0) is 24.6 Å². The van der Waals surface area contributed by atoms with E-state index in [0.29, 0.717) is 16.5 Å². The van der Waals surface area contributed by atoms with E-state index in [9.17, 15) is 14.5 Å². The molecule has 2 rings (SSSR count). The number of benzene rings is 1. The summed E-state index contributed by atoms with van der Waals surface area (Å²) >= 11 is 1.35. The van der Waals surface area contributed by atoms with Crippen molar-refractivity contribution < 1.29 is 9.31 Å². The van der Waals surface area contributed by atoms with Crippen molar-refractivity contribution in [3.05, 3.63) is 57.7 Å². The summed E-state index contributed by atoms with van der Waals surface area (Å²) in [7, 11) is 0.